The standard InChI is InChI=1S/C28H22N4O5S/c1-15-11-17(3)25-22(12-15)29-27(37-25)19-8-7-16(2)21(14-19)30-28(38)31-26(33)24-10-9-23(36-24)18-5-4-6-20(13-18)32(34)35/h4-14H,1-3H3,(H2,30,31,33,38). The number of nitro benzene ring substituents is 1. The fourth-order valence-corrected chi connectivity index (χ4v) is 4.30. The van der Waals surface area contributed by atoms with Gasteiger partial charge in [0.25, 0.3) is 11.6 Å². The SMILES string of the molecule is Cc1cc(C)c2oc(-c3ccc(C)c(NC(=S)NC(=O)c4ccc(-c5cccc([N+](=O)[O-])c5)o4)c3)nc2c1. The lowest BCUT2D eigenvalue weighted by Crippen LogP contribution is -2.34. The molecule has 0 saturated heterocycles. The van der Waals surface area contributed by atoms with Crippen LogP contribution < -0.4 is 10.6 Å². The molecule has 0 bridgehead atoms. The second-order valence-electron chi connectivity index (χ2n) is 8.86. The molecular formula is C28H22N4O5S. The zero-order chi connectivity index (χ0) is 27.0. The lowest BCUT2D eigenvalue weighted by atomic mass is 10.1. The summed E-state index contributed by atoms with van der Waals surface area (Å²) in [6, 6.07) is 18.7. The van der Waals surface area contributed by atoms with Gasteiger partial charge < -0.3 is 14.2 Å². The van der Waals surface area contributed by atoms with E-state index in [1.54, 1.807) is 18.2 Å². The van der Waals surface area contributed by atoms with Crippen molar-refractivity contribution in [2.75, 3.05) is 5.32 Å². The van der Waals surface area contributed by atoms with Gasteiger partial charge in [0.2, 0.25) is 5.89 Å². The van der Waals surface area contributed by atoms with Crippen molar-refractivity contribution in [3.05, 3.63) is 99.3 Å². The highest BCUT2D eigenvalue weighted by Crippen LogP contribution is 2.30. The fraction of sp³-hybridized carbons (Fsp3) is 0.107. The molecule has 0 spiro atoms. The highest BCUT2D eigenvalue weighted by molar-refractivity contribution is 7.80. The van der Waals surface area contributed by atoms with Crippen molar-refractivity contribution < 1.29 is 18.6 Å². The zero-order valence-corrected chi connectivity index (χ0v) is 21.5. The van der Waals surface area contributed by atoms with Gasteiger partial charge in [-0.3, -0.25) is 20.2 Å². The summed E-state index contributed by atoms with van der Waals surface area (Å²) in [4.78, 5) is 27.9. The van der Waals surface area contributed by atoms with Gasteiger partial charge >= 0.3 is 0 Å². The van der Waals surface area contributed by atoms with Crippen LogP contribution in [0, 0.1) is 30.9 Å². The van der Waals surface area contributed by atoms with Gasteiger partial charge in [0.1, 0.15) is 11.3 Å². The summed E-state index contributed by atoms with van der Waals surface area (Å²) in [7, 11) is 0. The van der Waals surface area contributed by atoms with E-state index in [1.165, 1.54) is 18.2 Å². The summed E-state index contributed by atoms with van der Waals surface area (Å²) in [5.74, 6) is 0.261. The van der Waals surface area contributed by atoms with Gasteiger partial charge in [0, 0.05) is 28.9 Å². The smallest absolute Gasteiger partial charge is 0.293 e. The molecule has 38 heavy (non-hydrogen) atoms. The number of carbonyl (C=O) groups is 1. The Bertz CT molecular complexity index is 1740. The van der Waals surface area contributed by atoms with Crippen LogP contribution in [0.15, 0.2) is 75.6 Å². The Morgan fingerprint density at radius 1 is 0.947 bits per heavy atom. The molecule has 0 atom stereocenters. The second-order valence-corrected chi connectivity index (χ2v) is 9.27. The van der Waals surface area contributed by atoms with Crippen LogP contribution in [0.2, 0.25) is 0 Å². The van der Waals surface area contributed by atoms with Crippen LogP contribution in [-0.4, -0.2) is 20.9 Å². The minimum Gasteiger partial charge on any atom is -0.451 e. The highest BCUT2D eigenvalue weighted by Gasteiger charge is 2.17. The number of benzene rings is 3. The third-order valence-electron chi connectivity index (χ3n) is 5.95. The molecule has 0 aliphatic heterocycles. The van der Waals surface area contributed by atoms with E-state index in [9.17, 15) is 14.9 Å². The summed E-state index contributed by atoms with van der Waals surface area (Å²) >= 11 is 5.36. The van der Waals surface area contributed by atoms with Crippen molar-refractivity contribution in [2.45, 2.75) is 20.8 Å². The van der Waals surface area contributed by atoms with Gasteiger partial charge in [-0.15, -0.1) is 0 Å². The molecular weight excluding hydrogens is 504 g/mol. The van der Waals surface area contributed by atoms with Gasteiger partial charge in [-0.05, 0) is 80.0 Å². The van der Waals surface area contributed by atoms with Crippen molar-refractivity contribution in [2.24, 2.45) is 0 Å². The predicted octanol–water partition coefficient (Wildman–Crippen LogP) is 6.72. The molecule has 2 aromatic heterocycles. The Labute approximate surface area is 222 Å². The van der Waals surface area contributed by atoms with Gasteiger partial charge in [0.15, 0.2) is 16.5 Å². The number of oxazole rings is 1. The van der Waals surface area contributed by atoms with Crippen LogP contribution >= 0.6 is 12.2 Å². The molecule has 2 heterocycles. The van der Waals surface area contributed by atoms with Crippen molar-refractivity contribution in [1.29, 1.82) is 0 Å². The number of aryl methyl sites for hydroxylation is 3. The number of aromatic nitrogens is 1. The molecule has 5 aromatic rings. The average Bonchev–Trinajstić information content (AvgIpc) is 3.53. The lowest BCUT2D eigenvalue weighted by Gasteiger charge is -2.12. The number of fused-ring (bicyclic) bond motifs is 1. The molecule has 190 valence electrons. The number of nitrogens with zero attached hydrogens (tertiary/aromatic N) is 2. The number of furan rings is 1. The maximum absolute atomic E-state index is 12.7. The molecule has 1 amide bonds. The molecule has 0 aliphatic rings. The Hall–Kier alpha value is -4.83. The van der Waals surface area contributed by atoms with Crippen LogP contribution in [0.4, 0.5) is 11.4 Å². The van der Waals surface area contributed by atoms with Crippen LogP contribution in [0.5, 0.6) is 0 Å². The largest absolute Gasteiger partial charge is 0.451 e. The Morgan fingerprint density at radius 2 is 1.76 bits per heavy atom. The minimum absolute atomic E-state index is 0.0123. The van der Waals surface area contributed by atoms with E-state index in [4.69, 9.17) is 21.1 Å². The van der Waals surface area contributed by atoms with Crippen LogP contribution in [-0.2, 0) is 0 Å². The monoisotopic (exact) mass is 526 g/mol. The third kappa shape index (κ3) is 5.02. The Balaban J connectivity index is 1.31. The molecule has 0 aliphatic carbocycles. The minimum atomic E-state index is -0.558. The number of anilines is 1. The molecule has 0 unspecified atom stereocenters. The molecule has 9 nitrogen and oxygen atoms in total. The first-order valence-corrected chi connectivity index (χ1v) is 12.0. The number of nitro groups is 1. The number of amides is 1. The van der Waals surface area contributed by atoms with E-state index < -0.39 is 10.8 Å². The summed E-state index contributed by atoms with van der Waals surface area (Å²) in [6.45, 7) is 5.91. The number of hydrogen-bond donors (Lipinski definition) is 2. The zero-order valence-electron chi connectivity index (χ0n) is 20.7. The maximum Gasteiger partial charge on any atom is 0.293 e. The highest BCUT2D eigenvalue weighted by atomic mass is 32.1. The lowest BCUT2D eigenvalue weighted by molar-refractivity contribution is -0.384. The van der Waals surface area contributed by atoms with Gasteiger partial charge in [-0.2, -0.15) is 0 Å². The Morgan fingerprint density at radius 3 is 2.55 bits per heavy atom. The summed E-state index contributed by atoms with van der Waals surface area (Å²) < 4.78 is 11.7. The summed E-state index contributed by atoms with van der Waals surface area (Å²) in [5.41, 5.74) is 6.40. The van der Waals surface area contributed by atoms with E-state index in [-0.39, 0.29) is 16.6 Å². The quantitative estimate of drug-likeness (QED) is 0.147. The van der Waals surface area contributed by atoms with Gasteiger partial charge in [-0.1, -0.05) is 24.3 Å². The first-order valence-electron chi connectivity index (χ1n) is 11.6. The van der Waals surface area contributed by atoms with Crippen LogP contribution in [0.3, 0.4) is 0 Å². The summed E-state index contributed by atoms with van der Waals surface area (Å²) in [6.07, 6.45) is 0. The molecule has 10 heteroatoms. The van der Waals surface area contributed by atoms with Gasteiger partial charge in [0.05, 0.1) is 4.92 Å². The van der Waals surface area contributed by atoms with Crippen LogP contribution in [0.1, 0.15) is 27.2 Å². The molecule has 0 saturated carbocycles. The topological polar surface area (TPSA) is 123 Å². The fourth-order valence-electron chi connectivity index (χ4n) is 4.10. The first-order chi connectivity index (χ1) is 18.2. The Kier molecular flexibility index (Phi) is 6.48. The van der Waals surface area contributed by atoms with E-state index in [0.29, 0.717) is 22.9 Å². The van der Waals surface area contributed by atoms with Crippen molar-refractivity contribution in [1.82, 2.24) is 10.3 Å². The third-order valence-corrected chi connectivity index (χ3v) is 6.16. The van der Waals surface area contributed by atoms with E-state index in [0.717, 1.165) is 33.4 Å². The molecule has 3 aromatic carbocycles. The second kappa shape index (κ2) is 9.91. The van der Waals surface area contributed by atoms with E-state index >= 15 is 0 Å². The number of nitrogens with one attached hydrogen (secondary N) is 2. The number of thiocarbonyl (C=S) groups is 1. The van der Waals surface area contributed by atoms with Crippen molar-refractivity contribution in [3.63, 3.8) is 0 Å². The molecule has 0 fully saturated rings. The van der Waals surface area contributed by atoms with Gasteiger partial charge in [-0.25, -0.2) is 4.98 Å². The first kappa shape index (κ1) is 24.8. The molecule has 0 radical (unpaired) electrons. The van der Waals surface area contributed by atoms with E-state index in [2.05, 4.69) is 15.6 Å². The van der Waals surface area contributed by atoms with Crippen LogP contribution in [0.25, 0.3) is 33.9 Å². The maximum atomic E-state index is 12.7. The van der Waals surface area contributed by atoms with E-state index in [1.807, 2.05) is 51.1 Å². The summed E-state index contributed by atoms with van der Waals surface area (Å²) in [5, 5.41) is 16.8. The normalized spacial score (nSPS) is 10.9. The molecule has 2 N–H and O–H groups in total. The predicted molar refractivity (Wildman–Crippen MR) is 148 cm³/mol. The number of rotatable bonds is 5. The molecule has 5 rings (SSSR count). The van der Waals surface area contributed by atoms with Crippen molar-refractivity contribution >= 4 is 45.7 Å². The number of non-ortho nitro benzene ring substituents is 1. The van der Waals surface area contributed by atoms with Crippen molar-refractivity contribution in [3.8, 4) is 22.8 Å². The number of hydrogen-bond acceptors (Lipinski definition) is 7. The number of carbonyl (C=O) groups excluding carboxylic acids is 1. The average molecular weight is 527 g/mol.